The van der Waals surface area contributed by atoms with Crippen LogP contribution in [0.4, 0.5) is 5.69 Å². The average molecular weight is 337 g/mol. The maximum absolute atomic E-state index is 12.7. The standard InChI is InChI=1S/C15H24N2O3Si2/c1-19-16-14-12-9-8-11(20-22(5,6)7)10-13(12)17(15(14)18)21(2,3)4/h8-10H,1-7H3/b16-14-. The SMILES string of the molecule is CO/N=C1\C(=O)N([Si](C)(C)C)c2cc(O[Si](C)(C)C)ccc21. The first-order chi connectivity index (χ1) is 10.0. The van der Waals surface area contributed by atoms with Gasteiger partial charge in [0.2, 0.25) is 8.32 Å². The number of hydrogen-bond acceptors (Lipinski definition) is 4. The lowest BCUT2D eigenvalue weighted by atomic mass is 10.1. The molecule has 7 heteroatoms. The predicted octanol–water partition coefficient (Wildman–Crippen LogP) is 3.43. The molecule has 1 aliphatic heterocycles. The van der Waals surface area contributed by atoms with Crippen molar-refractivity contribution in [2.45, 2.75) is 39.3 Å². The summed E-state index contributed by atoms with van der Waals surface area (Å²) in [7, 11) is -2.12. The predicted molar refractivity (Wildman–Crippen MR) is 94.8 cm³/mol. The Hall–Kier alpha value is -1.61. The van der Waals surface area contributed by atoms with E-state index in [1.54, 1.807) is 0 Å². The van der Waals surface area contributed by atoms with Gasteiger partial charge in [-0.25, -0.2) is 0 Å². The summed E-state index contributed by atoms with van der Waals surface area (Å²) in [5, 5.41) is 3.93. The molecule has 2 rings (SSSR count). The van der Waals surface area contributed by atoms with E-state index in [1.165, 1.54) is 7.11 Å². The molecule has 0 bridgehead atoms. The number of hydrogen-bond donors (Lipinski definition) is 0. The number of nitrogens with zero attached hydrogens (tertiary/aromatic N) is 2. The third-order valence-corrected chi connectivity index (χ3v) is 5.78. The Morgan fingerprint density at radius 1 is 1.09 bits per heavy atom. The summed E-state index contributed by atoms with van der Waals surface area (Å²) in [6, 6.07) is 5.77. The van der Waals surface area contributed by atoms with E-state index < -0.39 is 16.6 Å². The Morgan fingerprint density at radius 2 is 1.73 bits per heavy atom. The summed E-state index contributed by atoms with van der Waals surface area (Å²) in [5.41, 5.74) is 2.08. The van der Waals surface area contributed by atoms with Gasteiger partial charge in [-0.1, -0.05) is 24.8 Å². The highest BCUT2D eigenvalue weighted by atomic mass is 28.4. The Morgan fingerprint density at radius 3 is 2.23 bits per heavy atom. The quantitative estimate of drug-likeness (QED) is 0.625. The second kappa shape index (κ2) is 5.55. The van der Waals surface area contributed by atoms with Gasteiger partial charge >= 0.3 is 0 Å². The molecule has 0 spiro atoms. The maximum Gasteiger partial charge on any atom is 0.273 e. The largest absolute Gasteiger partial charge is 0.544 e. The molecule has 120 valence electrons. The normalized spacial score (nSPS) is 17.0. The maximum atomic E-state index is 12.7. The van der Waals surface area contributed by atoms with Crippen LogP contribution < -0.4 is 8.99 Å². The summed E-state index contributed by atoms with van der Waals surface area (Å²) in [5.74, 6) is 0.730. The number of benzene rings is 1. The van der Waals surface area contributed by atoms with Crippen LogP contribution in [-0.2, 0) is 9.63 Å². The van der Waals surface area contributed by atoms with Crippen LogP contribution in [0, 0.1) is 0 Å². The van der Waals surface area contributed by atoms with Gasteiger partial charge in [0.15, 0.2) is 13.9 Å². The van der Waals surface area contributed by atoms with Gasteiger partial charge in [-0.15, -0.1) is 0 Å². The van der Waals surface area contributed by atoms with Crippen molar-refractivity contribution >= 4 is 33.9 Å². The average Bonchev–Trinajstić information content (AvgIpc) is 2.59. The molecule has 0 unspecified atom stereocenters. The van der Waals surface area contributed by atoms with E-state index >= 15 is 0 Å². The molecule has 0 aromatic heterocycles. The molecule has 0 radical (unpaired) electrons. The van der Waals surface area contributed by atoms with Gasteiger partial charge in [0.25, 0.3) is 5.91 Å². The van der Waals surface area contributed by atoms with Gasteiger partial charge in [-0.3, -0.25) is 4.79 Å². The molecule has 0 atom stereocenters. The lowest BCUT2D eigenvalue weighted by Crippen LogP contribution is -2.49. The number of fused-ring (bicyclic) bond motifs is 1. The molecule has 0 saturated heterocycles. The van der Waals surface area contributed by atoms with Crippen molar-refractivity contribution in [3.05, 3.63) is 23.8 Å². The third kappa shape index (κ3) is 3.25. The number of rotatable bonds is 4. The molecular weight excluding hydrogens is 312 g/mol. The fourth-order valence-electron chi connectivity index (χ4n) is 2.49. The van der Waals surface area contributed by atoms with Crippen molar-refractivity contribution in [2.75, 3.05) is 11.7 Å². The first kappa shape index (κ1) is 16.8. The molecule has 1 aliphatic rings. The van der Waals surface area contributed by atoms with Crippen molar-refractivity contribution in [1.82, 2.24) is 0 Å². The number of carbonyl (C=O) groups is 1. The number of amides is 1. The van der Waals surface area contributed by atoms with Crippen LogP contribution in [0.15, 0.2) is 23.4 Å². The highest BCUT2D eigenvalue weighted by Gasteiger charge is 2.41. The topological polar surface area (TPSA) is 51.1 Å². The van der Waals surface area contributed by atoms with Gasteiger partial charge in [0.1, 0.15) is 12.9 Å². The van der Waals surface area contributed by atoms with E-state index in [0.717, 1.165) is 17.0 Å². The molecule has 22 heavy (non-hydrogen) atoms. The summed E-state index contributed by atoms with van der Waals surface area (Å²) < 4.78 is 7.95. The van der Waals surface area contributed by atoms with E-state index in [2.05, 4.69) is 44.4 Å². The smallest absolute Gasteiger partial charge is 0.273 e. The molecule has 1 heterocycles. The van der Waals surface area contributed by atoms with Gasteiger partial charge < -0.3 is 13.8 Å². The molecule has 0 saturated carbocycles. The minimum absolute atomic E-state index is 0.0822. The lowest BCUT2D eigenvalue weighted by Gasteiger charge is -2.30. The van der Waals surface area contributed by atoms with Crippen molar-refractivity contribution in [3.8, 4) is 5.75 Å². The van der Waals surface area contributed by atoms with E-state index in [4.69, 9.17) is 9.26 Å². The molecule has 0 aliphatic carbocycles. The highest BCUT2D eigenvalue weighted by molar-refractivity contribution is 6.87. The molecular formula is C15H24N2O3Si2. The first-order valence-corrected chi connectivity index (χ1v) is 14.2. The van der Waals surface area contributed by atoms with E-state index in [-0.39, 0.29) is 5.91 Å². The molecule has 1 aromatic rings. The summed E-state index contributed by atoms with van der Waals surface area (Å²) >= 11 is 0. The van der Waals surface area contributed by atoms with Gasteiger partial charge in [-0.05, 0) is 31.8 Å². The van der Waals surface area contributed by atoms with Crippen molar-refractivity contribution < 1.29 is 14.1 Å². The zero-order valence-corrected chi connectivity index (χ0v) is 16.4. The summed E-state index contributed by atoms with van der Waals surface area (Å²) in [6.07, 6.45) is 0. The van der Waals surface area contributed by atoms with Crippen LogP contribution in [0.1, 0.15) is 5.56 Å². The number of anilines is 1. The minimum atomic E-state index is -1.89. The minimum Gasteiger partial charge on any atom is -0.544 e. The van der Waals surface area contributed by atoms with Crippen LogP contribution in [0.5, 0.6) is 5.75 Å². The van der Waals surface area contributed by atoms with Gasteiger partial charge in [0.05, 0.1) is 0 Å². The monoisotopic (exact) mass is 336 g/mol. The van der Waals surface area contributed by atoms with Crippen molar-refractivity contribution in [3.63, 3.8) is 0 Å². The zero-order chi connectivity index (χ0) is 16.7. The summed E-state index contributed by atoms with van der Waals surface area (Å²) in [6.45, 7) is 12.8. The Balaban J connectivity index is 2.56. The van der Waals surface area contributed by atoms with Gasteiger partial charge in [-0.2, -0.15) is 0 Å². The van der Waals surface area contributed by atoms with Crippen LogP contribution in [0.2, 0.25) is 39.3 Å². The van der Waals surface area contributed by atoms with Crippen LogP contribution in [-0.4, -0.2) is 35.3 Å². The summed E-state index contributed by atoms with van der Waals surface area (Å²) in [4.78, 5) is 17.6. The lowest BCUT2D eigenvalue weighted by molar-refractivity contribution is -0.111. The fourth-order valence-corrected chi connectivity index (χ4v) is 4.95. The fraction of sp³-hybridized carbons (Fsp3) is 0.467. The molecule has 0 N–H and O–H groups in total. The molecule has 1 aromatic carbocycles. The van der Waals surface area contributed by atoms with Crippen LogP contribution in [0.25, 0.3) is 0 Å². The third-order valence-electron chi connectivity index (χ3n) is 3.15. The van der Waals surface area contributed by atoms with Crippen LogP contribution in [0.3, 0.4) is 0 Å². The second-order valence-electron chi connectivity index (χ2n) is 7.33. The Labute approximate surface area is 134 Å². The van der Waals surface area contributed by atoms with Gasteiger partial charge in [0, 0.05) is 17.3 Å². The van der Waals surface area contributed by atoms with Crippen LogP contribution >= 0.6 is 0 Å². The zero-order valence-electron chi connectivity index (χ0n) is 14.4. The van der Waals surface area contributed by atoms with E-state index in [1.807, 2.05) is 22.8 Å². The Bertz CT molecular complexity index is 631. The van der Waals surface area contributed by atoms with E-state index in [0.29, 0.717) is 5.71 Å². The second-order valence-corrected chi connectivity index (χ2v) is 16.5. The first-order valence-electron chi connectivity index (χ1n) is 7.34. The number of oxime groups is 1. The number of carbonyl (C=O) groups excluding carboxylic acids is 1. The van der Waals surface area contributed by atoms with Crippen molar-refractivity contribution in [2.24, 2.45) is 5.16 Å². The van der Waals surface area contributed by atoms with E-state index in [9.17, 15) is 4.79 Å². The highest BCUT2D eigenvalue weighted by Crippen LogP contribution is 2.36. The van der Waals surface area contributed by atoms with Crippen molar-refractivity contribution in [1.29, 1.82) is 0 Å². The Kier molecular flexibility index (Phi) is 4.23. The molecule has 1 amide bonds. The molecule has 5 nitrogen and oxygen atoms in total. The molecule has 0 fully saturated rings.